The van der Waals surface area contributed by atoms with Gasteiger partial charge in [0.15, 0.2) is 0 Å². The Morgan fingerprint density at radius 3 is 2.39 bits per heavy atom. The molecule has 3 heteroatoms. The Bertz CT molecular complexity index is 356. The van der Waals surface area contributed by atoms with E-state index in [0.29, 0.717) is 6.61 Å². The van der Waals surface area contributed by atoms with Crippen LogP contribution >= 0.6 is 0 Å². The molecule has 1 atom stereocenters. The van der Waals surface area contributed by atoms with Crippen LogP contribution in [-0.2, 0) is 15.1 Å². The Hall–Kier alpha value is -1.35. The number of hydrogen-bond donors (Lipinski definition) is 1. The topological polar surface area (TPSA) is 38.3 Å². The molecule has 1 rings (SSSR count). The molecule has 0 saturated heterocycles. The van der Waals surface area contributed by atoms with E-state index in [1.807, 2.05) is 44.2 Å². The molecule has 0 aliphatic carbocycles. The first-order valence-electron chi connectivity index (χ1n) is 6.69. The van der Waals surface area contributed by atoms with Crippen LogP contribution in [0.1, 0.15) is 39.2 Å². The molecule has 0 aromatic heterocycles. The Morgan fingerprint density at radius 1 is 1.22 bits per heavy atom. The molecule has 0 amide bonds. The van der Waals surface area contributed by atoms with E-state index in [1.54, 1.807) is 0 Å². The number of nitrogens with one attached hydrogen (secondary N) is 1. The van der Waals surface area contributed by atoms with Crippen molar-refractivity contribution in [2.45, 2.75) is 39.2 Å². The molecule has 0 saturated carbocycles. The molecule has 0 fully saturated rings. The SMILES string of the molecule is CCCC(NCC)(C(=O)OCC)c1ccccc1. The van der Waals surface area contributed by atoms with Crippen molar-refractivity contribution in [2.24, 2.45) is 0 Å². The third kappa shape index (κ3) is 3.10. The highest BCUT2D eigenvalue weighted by Crippen LogP contribution is 2.28. The van der Waals surface area contributed by atoms with Gasteiger partial charge in [0.2, 0.25) is 0 Å². The van der Waals surface area contributed by atoms with Crippen molar-refractivity contribution in [3.05, 3.63) is 35.9 Å². The van der Waals surface area contributed by atoms with Crippen molar-refractivity contribution in [1.29, 1.82) is 0 Å². The van der Waals surface area contributed by atoms with Crippen LogP contribution in [0.4, 0.5) is 0 Å². The molecule has 0 aliphatic heterocycles. The van der Waals surface area contributed by atoms with E-state index in [1.165, 1.54) is 0 Å². The van der Waals surface area contributed by atoms with Gasteiger partial charge in [0.05, 0.1) is 6.61 Å². The van der Waals surface area contributed by atoms with Crippen LogP contribution in [0.15, 0.2) is 30.3 Å². The van der Waals surface area contributed by atoms with Gasteiger partial charge in [0, 0.05) is 0 Å². The minimum Gasteiger partial charge on any atom is -0.464 e. The second kappa shape index (κ2) is 7.17. The number of carbonyl (C=O) groups is 1. The van der Waals surface area contributed by atoms with Gasteiger partial charge in [-0.1, -0.05) is 50.6 Å². The van der Waals surface area contributed by atoms with Crippen LogP contribution in [0, 0.1) is 0 Å². The van der Waals surface area contributed by atoms with Gasteiger partial charge in [-0.05, 0) is 25.5 Å². The van der Waals surface area contributed by atoms with E-state index >= 15 is 0 Å². The maximum absolute atomic E-state index is 12.4. The lowest BCUT2D eigenvalue weighted by Gasteiger charge is -2.32. The van der Waals surface area contributed by atoms with E-state index < -0.39 is 5.54 Å². The lowest BCUT2D eigenvalue weighted by atomic mass is 9.85. The maximum atomic E-state index is 12.4. The molecule has 1 aromatic carbocycles. The number of ether oxygens (including phenoxy) is 1. The summed E-state index contributed by atoms with van der Waals surface area (Å²) >= 11 is 0. The molecule has 0 aliphatic rings. The fraction of sp³-hybridized carbons (Fsp3) is 0.533. The molecular weight excluding hydrogens is 226 g/mol. The van der Waals surface area contributed by atoms with Crippen LogP contribution in [0.2, 0.25) is 0 Å². The van der Waals surface area contributed by atoms with Gasteiger partial charge in [0.25, 0.3) is 0 Å². The number of carbonyl (C=O) groups excluding carboxylic acids is 1. The normalized spacial score (nSPS) is 13.9. The zero-order valence-electron chi connectivity index (χ0n) is 11.5. The Balaban J connectivity index is 3.16. The van der Waals surface area contributed by atoms with Crippen molar-refractivity contribution >= 4 is 5.97 Å². The number of rotatable bonds is 7. The van der Waals surface area contributed by atoms with Gasteiger partial charge in [-0.3, -0.25) is 5.32 Å². The Morgan fingerprint density at radius 2 is 1.89 bits per heavy atom. The molecular formula is C15H23NO2. The molecule has 3 nitrogen and oxygen atoms in total. The van der Waals surface area contributed by atoms with Gasteiger partial charge in [0.1, 0.15) is 5.54 Å². The van der Waals surface area contributed by atoms with Crippen molar-refractivity contribution in [3.8, 4) is 0 Å². The summed E-state index contributed by atoms with van der Waals surface area (Å²) < 4.78 is 5.27. The summed E-state index contributed by atoms with van der Waals surface area (Å²) in [5.74, 6) is -0.181. The zero-order chi connectivity index (χ0) is 13.4. The maximum Gasteiger partial charge on any atom is 0.330 e. The molecule has 1 aromatic rings. The van der Waals surface area contributed by atoms with Crippen molar-refractivity contribution < 1.29 is 9.53 Å². The molecule has 0 heterocycles. The van der Waals surface area contributed by atoms with Crippen LogP contribution in [0.3, 0.4) is 0 Å². The fourth-order valence-corrected chi connectivity index (χ4v) is 2.28. The highest BCUT2D eigenvalue weighted by Gasteiger charge is 2.39. The number of esters is 1. The standard InChI is InChI=1S/C15H23NO2/c1-4-12-15(16-5-2,14(17)18-6-3)13-10-8-7-9-11-13/h7-11,16H,4-6,12H2,1-3H3. The molecule has 0 bridgehead atoms. The summed E-state index contributed by atoms with van der Waals surface area (Å²) in [4.78, 5) is 12.4. The van der Waals surface area contributed by atoms with Crippen molar-refractivity contribution in [2.75, 3.05) is 13.2 Å². The average Bonchev–Trinajstić information content (AvgIpc) is 2.39. The first kappa shape index (κ1) is 14.7. The number of benzene rings is 1. The largest absolute Gasteiger partial charge is 0.464 e. The molecule has 0 spiro atoms. The quantitative estimate of drug-likeness (QED) is 0.755. The Kier molecular flexibility index (Phi) is 5.86. The first-order valence-corrected chi connectivity index (χ1v) is 6.69. The monoisotopic (exact) mass is 249 g/mol. The third-order valence-corrected chi connectivity index (χ3v) is 2.99. The highest BCUT2D eigenvalue weighted by atomic mass is 16.5. The van der Waals surface area contributed by atoms with Gasteiger partial charge in [-0.2, -0.15) is 0 Å². The molecule has 1 N–H and O–H groups in total. The van der Waals surface area contributed by atoms with Crippen LogP contribution in [0.5, 0.6) is 0 Å². The van der Waals surface area contributed by atoms with Crippen LogP contribution in [0.25, 0.3) is 0 Å². The van der Waals surface area contributed by atoms with Gasteiger partial charge >= 0.3 is 5.97 Å². The minimum atomic E-state index is -0.708. The van der Waals surface area contributed by atoms with E-state index in [2.05, 4.69) is 12.2 Å². The van der Waals surface area contributed by atoms with E-state index in [0.717, 1.165) is 24.9 Å². The summed E-state index contributed by atoms with van der Waals surface area (Å²) in [6.07, 6.45) is 1.66. The third-order valence-electron chi connectivity index (χ3n) is 2.99. The van der Waals surface area contributed by atoms with E-state index in [4.69, 9.17) is 4.74 Å². The Labute approximate surface area is 110 Å². The minimum absolute atomic E-state index is 0.181. The molecule has 18 heavy (non-hydrogen) atoms. The smallest absolute Gasteiger partial charge is 0.330 e. The number of hydrogen-bond acceptors (Lipinski definition) is 3. The summed E-state index contributed by atoms with van der Waals surface area (Å²) in [7, 11) is 0. The van der Waals surface area contributed by atoms with Crippen LogP contribution < -0.4 is 5.32 Å². The molecule has 0 radical (unpaired) electrons. The second-order valence-corrected chi connectivity index (χ2v) is 4.27. The second-order valence-electron chi connectivity index (χ2n) is 4.27. The van der Waals surface area contributed by atoms with E-state index in [-0.39, 0.29) is 5.97 Å². The van der Waals surface area contributed by atoms with Gasteiger partial charge < -0.3 is 4.74 Å². The lowest BCUT2D eigenvalue weighted by molar-refractivity contribution is -0.152. The zero-order valence-corrected chi connectivity index (χ0v) is 11.5. The van der Waals surface area contributed by atoms with Gasteiger partial charge in [-0.15, -0.1) is 0 Å². The lowest BCUT2D eigenvalue weighted by Crippen LogP contribution is -2.50. The molecule has 100 valence electrons. The van der Waals surface area contributed by atoms with E-state index in [9.17, 15) is 4.79 Å². The van der Waals surface area contributed by atoms with Crippen LogP contribution in [-0.4, -0.2) is 19.1 Å². The average molecular weight is 249 g/mol. The summed E-state index contributed by atoms with van der Waals surface area (Å²) in [6, 6.07) is 9.83. The summed E-state index contributed by atoms with van der Waals surface area (Å²) in [5.41, 5.74) is 0.271. The van der Waals surface area contributed by atoms with Crippen molar-refractivity contribution in [3.63, 3.8) is 0 Å². The predicted octanol–water partition coefficient (Wildman–Crippen LogP) is 2.85. The first-order chi connectivity index (χ1) is 8.71. The van der Waals surface area contributed by atoms with Crippen molar-refractivity contribution in [1.82, 2.24) is 5.32 Å². The summed E-state index contributed by atoms with van der Waals surface area (Å²) in [5, 5.41) is 3.32. The van der Waals surface area contributed by atoms with Gasteiger partial charge in [-0.25, -0.2) is 4.79 Å². The predicted molar refractivity (Wildman–Crippen MR) is 73.3 cm³/mol. The highest BCUT2D eigenvalue weighted by molar-refractivity contribution is 5.82. The number of likely N-dealkylation sites (N-methyl/N-ethyl adjacent to an activating group) is 1. The fourth-order valence-electron chi connectivity index (χ4n) is 2.28. The molecule has 1 unspecified atom stereocenters. The summed E-state index contributed by atoms with van der Waals surface area (Å²) in [6.45, 7) is 7.06.